The van der Waals surface area contributed by atoms with Gasteiger partial charge in [0, 0.05) is 12.1 Å². The van der Waals surface area contributed by atoms with Gasteiger partial charge in [-0.1, -0.05) is 42.5 Å². The predicted molar refractivity (Wildman–Crippen MR) is 67.4 cm³/mol. The number of halogens is 1. The molecule has 3 rings (SSSR count). The number of rotatable bonds is 2. The molecule has 0 bridgehead atoms. The van der Waals surface area contributed by atoms with E-state index in [1.165, 1.54) is 6.07 Å². The van der Waals surface area contributed by atoms with E-state index < -0.39 is 6.10 Å². The van der Waals surface area contributed by atoms with Gasteiger partial charge in [0.25, 0.3) is 0 Å². The molecule has 2 N–H and O–H groups in total. The minimum absolute atomic E-state index is 0.238. The van der Waals surface area contributed by atoms with Crippen molar-refractivity contribution in [1.29, 1.82) is 0 Å². The van der Waals surface area contributed by atoms with E-state index in [1.54, 1.807) is 18.2 Å². The molecule has 0 aromatic heterocycles. The van der Waals surface area contributed by atoms with Gasteiger partial charge in [-0.2, -0.15) is 0 Å². The number of aliphatic hydroxyl groups excluding tert-OH is 1. The molecule has 0 fully saturated rings. The van der Waals surface area contributed by atoms with Gasteiger partial charge in [0.05, 0.1) is 6.04 Å². The maximum Gasteiger partial charge on any atom is 0.129 e. The minimum atomic E-state index is -0.866. The van der Waals surface area contributed by atoms with Crippen LogP contribution in [0.1, 0.15) is 28.8 Å². The molecule has 1 heterocycles. The zero-order chi connectivity index (χ0) is 12.5. The molecule has 1 aliphatic heterocycles. The van der Waals surface area contributed by atoms with E-state index in [0.717, 1.165) is 11.1 Å². The lowest BCUT2D eigenvalue weighted by Gasteiger charge is -2.20. The first-order chi connectivity index (χ1) is 8.77. The van der Waals surface area contributed by atoms with Crippen LogP contribution in [0.25, 0.3) is 0 Å². The molecule has 0 spiro atoms. The summed E-state index contributed by atoms with van der Waals surface area (Å²) in [6.45, 7) is 0.715. The molecule has 1 aliphatic rings. The second-order valence-electron chi connectivity index (χ2n) is 4.52. The Morgan fingerprint density at radius 3 is 2.67 bits per heavy atom. The van der Waals surface area contributed by atoms with Gasteiger partial charge in [-0.3, -0.25) is 0 Å². The average Bonchev–Trinajstić information content (AvgIpc) is 2.82. The first-order valence-corrected chi connectivity index (χ1v) is 6.01. The highest BCUT2D eigenvalue weighted by Crippen LogP contribution is 2.35. The smallest absolute Gasteiger partial charge is 0.129 e. The Kier molecular flexibility index (Phi) is 2.86. The molecule has 92 valence electrons. The Morgan fingerprint density at radius 2 is 1.83 bits per heavy atom. The lowest BCUT2D eigenvalue weighted by molar-refractivity contribution is 0.129. The van der Waals surface area contributed by atoms with E-state index in [4.69, 9.17) is 0 Å². The minimum Gasteiger partial charge on any atom is -0.386 e. The standard InChI is InChI=1S/C15H14FNO/c16-13-8-4-3-7-12(13)15(18)14-11-6-2-1-5-10(11)9-17-14/h1-8,14-15,17-18H,9H2. The van der Waals surface area contributed by atoms with Crippen LogP contribution in [0.2, 0.25) is 0 Å². The topological polar surface area (TPSA) is 32.3 Å². The van der Waals surface area contributed by atoms with E-state index in [1.807, 2.05) is 24.3 Å². The third-order valence-electron chi connectivity index (χ3n) is 3.44. The molecule has 2 aromatic rings. The maximum atomic E-state index is 13.7. The van der Waals surface area contributed by atoms with Gasteiger partial charge in [0.2, 0.25) is 0 Å². The largest absolute Gasteiger partial charge is 0.386 e. The SMILES string of the molecule is OC(c1ccccc1F)C1NCc2ccccc21. The zero-order valence-corrected chi connectivity index (χ0v) is 9.81. The molecular formula is C15H14FNO. The molecule has 0 radical (unpaired) electrons. The van der Waals surface area contributed by atoms with Crippen LogP contribution in [-0.4, -0.2) is 5.11 Å². The quantitative estimate of drug-likeness (QED) is 0.850. The highest BCUT2D eigenvalue weighted by molar-refractivity contribution is 5.36. The van der Waals surface area contributed by atoms with Crippen molar-refractivity contribution in [3.63, 3.8) is 0 Å². The normalized spacial score (nSPS) is 19.6. The van der Waals surface area contributed by atoms with Crippen molar-refractivity contribution in [1.82, 2.24) is 5.32 Å². The first kappa shape index (κ1) is 11.4. The summed E-state index contributed by atoms with van der Waals surface area (Å²) in [5.41, 5.74) is 2.55. The molecule has 0 saturated carbocycles. The van der Waals surface area contributed by atoms with Crippen molar-refractivity contribution in [2.75, 3.05) is 0 Å². The molecule has 2 atom stereocenters. The Balaban J connectivity index is 1.96. The van der Waals surface area contributed by atoms with Crippen molar-refractivity contribution >= 4 is 0 Å². The van der Waals surface area contributed by atoms with Crippen LogP contribution in [0.3, 0.4) is 0 Å². The van der Waals surface area contributed by atoms with Crippen molar-refractivity contribution < 1.29 is 9.50 Å². The van der Waals surface area contributed by atoms with Gasteiger partial charge in [-0.15, -0.1) is 0 Å². The monoisotopic (exact) mass is 243 g/mol. The molecule has 3 heteroatoms. The van der Waals surface area contributed by atoms with Gasteiger partial charge in [-0.25, -0.2) is 4.39 Å². The van der Waals surface area contributed by atoms with Crippen LogP contribution in [0, 0.1) is 5.82 Å². The van der Waals surface area contributed by atoms with Crippen LogP contribution in [-0.2, 0) is 6.54 Å². The zero-order valence-electron chi connectivity index (χ0n) is 9.81. The summed E-state index contributed by atoms with van der Waals surface area (Å²) in [5, 5.41) is 13.6. The van der Waals surface area contributed by atoms with Crippen molar-refractivity contribution in [2.24, 2.45) is 0 Å². The van der Waals surface area contributed by atoms with E-state index >= 15 is 0 Å². The molecule has 2 nitrogen and oxygen atoms in total. The molecule has 2 unspecified atom stereocenters. The van der Waals surface area contributed by atoms with Crippen LogP contribution in [0.15, 0.2) is 48.5 Å². The van der Waals surface area contributed by atoms with Gasteiger partial charge in [0.15, 0.2) is 0 Å². The molecular weight excluding hydrogens is 229 g/mol. The molecule has 0 aliphatic carbocycles. The van der Waals surface area contributed by atoms with E-state index in [9.17, 15) is 9.50 Å². The summed E-state index contributed by atoms with van der Waals surface area (Å²) in [4.78, 5) is 0. The Hall–Kier alpha value is -1.71. The van der Waals surface area contributed by atoms with Crippen LogP contribution >= 0.6 is 0 Å². The summed E-state index contributed by atoms with van der Waals surface area (Å²) in [6.07, 6.45) is -0.866. The predicted octanol–water partition coefficient (Wildman–Crippen LogP) is 2.70. The first-order valence-electron chi connectivity index (χ1n) is 6.01. The second-order valence-corrected chi connectivity index (χ2v) is 4.52. The average molecular weight is 243 g/mol. The fraction of sp³-hybridized carbons (Fsp3) is 0.200. The highest BCUT2D eigenvalue weighted by atomic mass is 19.1. The van der Waals surface area contributed by atoms with Crippen LogP contribution < -0.4 is 5.32 Å². The van der Waals surface area contributed by atoms with Gasteiger partial charge in [0.1, 0.15) is 11.9 Å². The number of hydrogen-bond donors (Lipinski definition) is 2. The van der Waals surface area contributed by atoms with Gasteiger partial charge >= 0.3 is 0 Å². The van der Waals surface area contributed by atoms with Gasteiger partial charge in [-0.05, 0) is 17.2 Å². The van der Waals surface area contributed by atoms with E-state index in [-0.39, 0.29) is 11.9 Å². The fourth-order valence-electron chi connectivity index (χ4n) is 2.50. The number of hydrogen-bond acceptors (Lipinski definition) is 2. The lowest BCUT2D eigenvalue weighted by atomic mass is 9.96. The lowest BCUT2D eigenvalue weighted by Crippen LogP contribution is -2.21. The van der Waals surface area contributed by atoms with E-state index in [0.29, 0.717) is 12.1 Å². The third-order valence-corrected chi connectivity index (χ3v) is 3.44. The molecule has 0 amide bonds. The number of aliphatic hydroxyl groups is 1. The van der Waals surface area contributed by atoms with Crippen LogP contribution in [0.5, 0.6) is 0 Å². The summed E-state index contributed by atoms with van der Waals surface area (Å²) >= 11 is 0. The van der Waals surface area contributed by atoms with Crippen molar-refractivity contribution in [3.05, 3.63) is 71.0 Å². The number of benzene rings is 2. The molecule has 18 heavy (non-hydrogen) atoms. The highest BCUT2D eigenvalue weighted by Gasteiger charge is 2.30. The second kappa shape index (κ2) is 4.52. The number of nitrogens with one attached hydrogen (secondary N) is 1. The fourth-order valence-corrected chi connectivity index (χ4v) is 2.50. The van der Waals surface area contributed by atoms with Crippen molar-refractivity contribution in [3.8, 4) is 0 Å². The van der Waals surface area contributed by atoms with E-state index in [2.05, 4.69) is 5.32 Å². The maximum absolute atomic E-state index is 13.7. The third kappa shape index (κ3) is 1.82. The summed E-state index contributed by atoms with van der Waals surface area (Å²) in [5.74, 6) is -0.365. The van der Waals surface area contributed by atoms with Gasteiger partial charge < -0.3 is 10.4 Å². The number of fused-ring (bicyclic) bond motifs is 1. The Labute approximate surface area is 105 Å². The molecule has 0 saturated heterocycles. The Morgan fingerprint density at radius 1 is 1.11 bits per heavy atom. The van der Waals surface area contributed by atoms with Crippen molar-refractivity contribution in [2.45, 2.75) is 18.7 Å². The summed E-state index contributed by atoms with van der Waals surface area (Å²) in [7, 11) is 0. The summed E-state index contributed by atoms with van der Waals surface area (Å²) < 4.78 is 13.7. The molecule has 2 aromatic carbocycles. The summed E-state index contributed by atoms with van der Waals surface area (Å²) in [6, 6.07) is 14.0. The van der Waals surface area contributed by atoms with Crippen LogP contribution in [0.4, 0.5) is 4.39 Å². The Bertz CT molecular complexity index is 570.